The Morgan fingerprint density at radius 2 is 1.90 bits per heavy atom. The summed E-state index contributed by atoms with van der Waals surface area (Å²) in [5.74, 6) is -1.15. The second-order valence-corrected chi connectivity index (χ2v) is 4.63. The highest BCUT2D eigenvalue weighted by atomic mass is 16.4. The van der Waals surface area contributed by atoms with Crippen LogP contribution in [0.3, 0.4) is 0 Å². The minimum atomic E-state index is -0.974. The van der Waals surface area contributed by atoms with E-state index >= 15 is 0 Å². The third kappa shape index (κ3) is 4.50. The number of carbonyl (C=O) groups is 2. The molecule has 2 rings (SSSR count). The van der Waals surface area contributed by atoms with E-state index in [1.54, 1.807) is 18.3 Å². The number of pyridine rings is 1. The van der Waals surface area contributed by atoms with Gasteiger partial charge in [-0.1, -0.05) is 30.3 Å². The summed E-state index contributed by atoms with van der Waals surface area (Å²) in [6.07, 6.45) is 3.38. The number of aliphatic carboxylic acids is 1. The van der Waals surface area contributed by atoms with E-state index in [2.05, 4.69) is 10.3 Å². The molecule has 2 aromatic rings. The van der Waals surface area contributed by atoms with Gasteiger partial charge in [0.15, 0.2) is 5.78 Å². The van der Waals surface area contributed by atoms with E-state index in [0.29, 0.717) is 12.0 Å². The van der Waals surface area contributed by atoms with Crippen molar-refractivity contribution >= 4 is 11.8 Å². The maximum absolute atomic E-state index is 11.9. The zero-order chi connectivity index (χ0) is 15.1. The van der Waals surface area contributed by atoms with Crippen molar-refractivity contribution in [1.82, 2.24) is 10.3 Å². The van der Waals surface area contributed by atoms with Crippen LogP contribution in [0.25, 0.3) is 0 Å². The lowest BCUT2D eigenvalue weighted by Gasteiger charge is -2.14. The fourth-order valence-electron chi connectivity index (χ4n) is 1.94. The summed E-state index contributed by atoms with van der Waals surface area (Å²) in [6.45, 7) is -0.0322. The molecule has 0 aliphatic carbocycles. The first-order valence-corrected chi connectivity index (χ1v) is 6.60. The summed E-state index contributed by atoms with van der Waals surface area (Å²) in [5, 5.41) is 12.0. The first-order valence-electron chi connectivity index (χ1n) is 6.60. The lowest BCUT2D eigenvalue weighted by atomic mass is 10.1. The zero-order valence-electron chi connectivity index (χ0n) is 11.4. The van der Waals surface area contributed by atoms with Crippen LogP contribution in [-0.4, -0.2) is 34.4 Å². The van der Waals surface area contributed by atoms with Gasteiger partial charge in [0.1, 0.15) is 6.04 Å². The van der Waals surface area contributed by atoms with Crippen LogP contribution in [0, 0.1) is 0 Å². The highest BCUT2D eigenvalue weighted by molar-refractivity contribution is 5.97. The minimum absolute atomic E-state index is 0.0322. The number of hydrogen-bond donors (Lipinski definition) is 2. The van der Waals surface area contributed by atoms with Crippen molar-refractivity contribution in [2.45, 2.75) is 12.5 Å². The average Bonchev–Trinajstić information content (AvgIpc) is 2.52. The summed E-state index contributed by atoms with van der Waals surface area (Å²) < 4.78 is 0. The van der Waals surface area contributed by atoms with E-state index in [1.807, 2.05) is 30.3 Å². The molecule has 1 aromatic carbocycles. The fourth-order valence-corrected chi connectivity index (χ4v) is 1.94. The molecule has 0 spiro atoms. The van der Waals surface area contributed by atoms with E-state index < -0.39 is 12.0 Å². The van der Waals surface area contributed by atoms with Crippen molar-refractivity contribution in [3.8, 4) is 0 Å². The fraction of sp³-hybridized carbons (Fsp3) is 0.188. The average molecular weight is 284 g/mol. The van der Waals surface area contributed by atoms with Gasteiger partial charge in [0.25, 0.3) is 0 Å². The van der Waals surface area contributed by atoms with Gasteiger partial charge in [-0.05, 0) is 24.1 Å². The number of nitrogens with one attached hydrogen (secondary N) is 1. The maximum atomic E-state index is 11.9. The number of carboxylic acids is 1. The monoisotopic (exact) mass is 284 g/mol. The quantitative estimate of drug-likeness (QED) is 0.754. The summed E-state index contributed by atoms with van der Waals surface area (Å²) in [6, 6.07) is 11.8. The van der Waals surface area contributed by atoms with Gasteiger partial charge in [-0.25, -0.2) is 0 Å². The summed E-state index contributed by atoms with van der Waals surface area (Å²) >= 11 is 0. The highest BCUT2D eigenvalue weighted by Gasteiger charge is 2.18. The number of hydrogen-bond acceptors (Lipinski definition) is 4. The summed E-state index contributed by atoms with van der Waals surface area (Å²) in [5.41, 5.74) is 1.38. The summed E-state index contributed by atoms with van der Waals surface area (Å²) in [4.78, 5) is 27.1. The molecule has 2 N–H and O–H groups in total. The number of rotatable bonds is 7. The molecule has 0 fully saturated rings. The SMILES string of the molecule is O=C(CNC(Cc1ccccc1)C(=O)O)c1cccnc1. The lowest BCUT2D eigenvalue weighted by Crippen LogP contribution is -2.41. The van der Waals surface area contributed by atoms with Gasteiger partial charge in [-0.2, -0.15) is 0 Å². The van der Waals surface area contributed by atoms with Crippen molar-refractivity contribution in [3.63, 3.8) is 0 Å². The van der Waals surface area contributed by atoms with E-state index in [-0.39, 0.29) is 12.3 Å². The smallest absolute Gasteiger partial charge is 0.321 e. The number of ketones is 1. The van der Waals surface area contributed by atoms with Crippen LogP contribution in [-0.2, 0) is 11.2 Å². The topological polar surface area (TPSA) is 79.3 Å². The van der Waals surface area contributed by atoms with Gasteiger partial charge in [-0.15, -0.1) is 0 Å². The molecule has 1 heterocycles. The third-order valence-corrected chi connectivity index (χ3v) is 3.07. The summed E-state index contributed by atoms with van der Waals surface area (Å²) in [7, 11) is 0. The molecule has 0 radical (unpaired) electrons. The molecule has 0 aliphatic heterocycles. The van der Waals surface area contributed by atoms with Gasteiger partial charge >= 0.3 is 5.97 Å². The lowest BCUT2D eigenvalue weighted by molar-refractivity contribution is -0.139. The van der Waals surface area contributed by atoms with Crippen LogP contribution >= 0.6 is 0 Å². The highest BCUT2D eigenvalue weighted by Crippen LogP contribution is 2.04. The van der Waals surface area contributed by atoms with Gasteiger partial charge in [0, 0.05) is 18.0 Å². The van der Waals surface area contributed by atoms with Crippen molar-refractivity contribution in [3.05, 3.63) is 66.0 Å². The molecule has 108 valence electrons. The van der Waals surface area contributed by atoms with Gasteiger partial charge < -0.3 is 5.11 Å². The molecule has 21 heavy (non-hydrogen) atoms. The molecule has 0 aliphatic rings. The molecule has 5 heteroatoms. The Morgan fingerprint density at radius 3 is 2.52 bits per heavy atom. The Bertz CT molecular complexity index is 599. The van der Waals surface area contributed by atoms with Crippen molar-refractivity contribution in [2.75, 3.05) is 6.54 Å². The Hall–Kier alpha value is -2.53. The van der Waals surface area contributed by atoms with Crippen molar-refractivity contribution in [2.24, 2.45) is 0 Å². The number of aromatic nitrogens is 1. The Balaban J connectivity index is 1.95. The predicted molar refractivity (Wildman–Crippen MR) is 78.1 cm³/mol. The number of benzene rings is 1. The molecule has 0 saturated heterocycles. The normalized spacial score (nSPS) is 11.8. The second-order valence-electron chi connectivity index (χ2n) is 4.63. The van der Waals surface area contributed by atoms with E-state index in [4.69, 9.17) is 0 Å². The molecular formula is C16H16N2O3. The van der Waals surface area contributed by atoms with E-state index in [1.165, 1.54) is 6.20 Å². The molecule has 1 atom stereocenters. The second kappa shape index (κ2) is 7.31. The third-order valence-electron chi connectivity index (χ3n) is 3.07. The Labute approximate surface area is 122 Å². The number of carbonyl (C=O) groups excluding carboxylic acids is 1. The van der Waals surface area contributed by atoms with Gasteiger partial charge in [-0.3, -0.25) is 19.9 Å². The first-order chi connectivity index (χ1) is 10.2. The number of carboxylic acid groups (broad SMARTS) is 1. The van der Waals surface area contributed by atoms with Gasteiger partial charge in [0.2, 0.25) is 0 Å². The van der Waals surface area contributed by atoms with Crippen molar-refractivity contribution in [1.29, 1.82) is 0 Å². The molecule has 0 bridgehead atoms. The van der Waals surface area contributed by atoms with Gasteiger partial charge in [0.05, 0.1) is 6.54 Å². The molecule has 1 aromatic heterocycles. The molecule has 0 saturated carbocycles. The predicted octanol–water partition coefficient (Wildman–Crippen LogP) is 1.55. The standard InChI is InChI=1S/C16H16N2O3/c19-15(13-7-4-8-17-10-13)11-18-14(16(20)21)9-12-5-2-1-3-6-12/h1-8,10,14,18H,9,11H2,(H,20,21). The van der Waals surface area contributed by atoms with Crippen LogP contribution in [0.4, 0.5) is 0 Å². The van der Waals surface area contributed by atoms with E-state index in [9.17, 15) is 14.7 Å². The Morgan fingerprint density at radius 1 is 1.14 bits per heavy atom. The maximum Gasteiger partial charge on any atom is 0.321 e. The Kier molecular flexibility index (Phi) is 5.17. The molecule has 5 nitrogen and oxygen atoms in total. The van der Waals surface area contributed by atoms with Crippen molar-refractivity contribution < 1.29 is 14.7 Å². The molecular weight excluding hydrogens is 268 g/mol. The van der Waals surface area contributed by atoms with Crippen LogP contribution in [0.1, 0.15) is 15.9 Å². The van der Waals surface area contributed by atoms with Crippen LogP contribution in [0.5, 0.6) is 0 Å². The molecule has 0 amide bonds. The zero-order valence-corrected chi connectivity index (χ0v) is 11.4. The first kappa shape index (κ1) is 14.9. The number of Topliss-reactive ketones (excluding diaryl/α,β-unsaturated/α-hetero) is 1. The van der Waals surface area contributed by atoms with Crippen LogP contribution in [0.2, 0.25) is 0 Å². The number of nitrogens with zero attached hydrogens (tertiary/aromatic N) is 1. The van der Waals surface area contributed by atoms with Crippen LogP contribution in [0.15, 0.2) is 54.9 Å². The largest absolute Gasteiger partial charge is 0.480 e. The minimum Gasteiger partial charge on any atom is -0.480 e. The van der Waals surface area contributed by atoms with Crippen LogP contribution < -0.4 is 5.32 Å². The molecule has 1 unspecified atom stereocenters. The van der Waals surface area contributed by atoms with E-state index in [0.717, 1.165) is 5.56 Å².